The minimum Gasteiger partial charge on any atom is -0.431 e. The second-order valence-electron chi connectivity index (χ2n) is 1.27. The van der Waals surface area contributed by atoms with Gasteiger partial charge in [-0.3, -0.25) is 0 Å². The number of carbonyl (C=O) groups is 1. The van der Waals surface area contributed by atoms with Crippen molar-refractivity contribution in [2.75, 3.05) is 20.6 Å². The molecule has 0 aromatic rings. The van der Waals surface area contributed by atoms with E-state index in [-0.39, 0.29) is 6.35 Å². The van der Waals surface area contributed by atoms with E-state index in [2.05, 4.69) is 9.47 Å². The first-order valence-corrected chi connectivity index (χ1v) is 3.68. The predicted octanol–water partition coefficient (Wildman–Crippen LogP) is 1.18. The Morgan fingerprint density at radius 1 is 1.56 bits per heavy atom. The first-order chi connectivity index (χ1) is 4.22. The summed E-state index contributed by atoms with van der Waals surface area (Å²) in [7, 11) is 0.582. The van der Waals surface area contributed by atoms with Crippen LogP contribution in [0.2, 0.25) is 0 Å². The molecule has 4 nitrogen and oxygen atoms in total. The summed E-state index contributed by atoms with van der Waals surface area (Å²) in [6.07, 6.45) is -0.0675. The lowest BCUT2D eigenvalue weighted by Crippen LogP contribution is -1.94. The zero-order valence-electron chi connectivity index (χ0n) is 5.29. The zero-order chi connectivity index (χ0) is 7.28. The lowest BCUT2D eigenvalue weighted by molar-refractivity contribution is 0.194. The van der Waals surface area contributed by atoms with Gasteiger partial charge in [-0.2, -0.15) is 4.79 Å². The van der Waals surface area contributed by atoms with Crippen LogP contribution >= 0.6 is 7.80 Å². The fourth-order valence-corrected chi connectivity index (χ4v) is 0.815. The van der Waals surface area contributed by atoms with Crippen molar-refractivity contribution in [3.8, 4) is 0 Å². The SMILES string of the molecule is COC[P+](=O)C(=O)OC. The van der Waals surface area contributed by atoms with Gasteiger partial charge in [-0.05, 0) is 0 Å². The summed E-state index contributed by atoms with van der Waals surface area (Å²) in [6.45, 7) is 0. The topological polar surface area (TPSA) is 52.6 Å². The van der Waals surface area contributed by atoms with Crippen LogP contribution < -0.4 is 0 Å². The van der Waals surface area contributed by atoms with Crippen LogP contribution in [0.3, 0.4) is 0 Å². The molecule has 9 heavy (non-hydrogen) atoms. The maximum Gasteiger partial charge on any atom is 0.557 e. The molecule has 52 valence electrons. The summed E-state index contributed by atoms with van der Waals surface area (Å²) >= 11 is 0. The summed E-state index contributed by atoms with van der Waals surface area (Å²) in [6, 6.07) is 0. The Morgan fingerprint density at radius 3 is 2.44 bits per heavy atom. The Morgan fingerprint density at radius 2 is 2.11 bits per heavy atom. The summed E-state index contributed by atoms with van der Waals surface area (Å²) < 4.78 is 19.1. The molecule has 0 spiro atoms. The van der Waals surface area contributed by atoms with E-state index >= 15 is 0 Å². The molecule has 0 aliphatic carbocycles. The van der Waals surface area contributed by atoms with E-state index in [9.17, 15) is 9.36 Å². The third-order valence-corrected chi connectivity index (χ3v) is 1.71. The molecule has 1 atom stereocenters. The summed E-state index contributed by atoms with van der Waals surface area (Å²) in [4.78, 5) is 10.3. The monoisotopic (exact) mass is 151 g/mol. The molecule has 0 radical (unpaired) electrons. The van der Waals surface area contributed by atoms with Crippen LogP contribution in [0.15, 0.2) is 0 Å². The van der Waals surface area contributed by atoms with Crippen molar-refractivity contribution in [3.05, 3.63) is 0 Å². The van der Waals surface area contributed by atoms with Crippen LogP contribution in [0.25, 0.3) is 0 Å². The van der Waals surface area contributed by atoms with Crippen LogP contribution in [-0.2, 0) is 14.0 Å². The zero-order valence-corrected chi connectivity index (χ0v) is 6.18. The summed E-state index contributed by atoms with van der Waals surface area (Å²) in [5.41, 5.74) is -0.716. The molecule has 5 heteroatoms. The summed E-state index contributed by atoms with van der Waals surface area (Å²) in [5, 5.41) is 0. The average molecular weight is 151 g/mol. The number of rotatable bonds is 3. The van der Waals surface area contributed by atoms with Crippen LogP contribution in [0.1, 0.15) is 0 Å². The quantitative estimate of drug-likeness (QED) is 0.568. The molecule has 1 unspecified atom stereocenters. The third-order valence-electron chi connectivity index (χ3n) is 0.625. The van der Waals surface area contributed by atoms with Gasteiger partial charge >= 0.3 is 13.5 Å². The van der Waals surface area contributed by atoms with Gasteiger partial charge in [0.15, 0.2) is 0 Å². The van der Waals surface area contributed by atoms with Gasteiger partial charge in [0.25, 0.3) is 6.35 Å². The van der Waals surface area contributed by atoms with Crippen LogP contribution in [-0.4, -0.2) is 26.3 Å². The van der Waals surface area contributed by atoms with Gasteiger partial charge in [-0.15, -0.1) is 0 Å². The Kier molecular flexibility index (Phi) is 4.18. The molecule has 0 fully saturated rings. The third kappa shape index (κ3) is 3.16. The van der Waals surface area contributed by atoms with Crippen molar-refractivity contribution < 1.29 is 18.8 Å². The molecule has 0 rings (SSSR count). The van der Waals surface area contributed by atoms with Crippen LogP contribution in [0.4, 0.5) is 4.79 Å². The number of carbonyl (C=O) groups excluding carboxylic acids is 1. The Balaban J connectivity index is 3.60. The van der Waals surface area contributed by atoms with Gasteiger partial charge in [0.2, 0.25) is 0 Å². The first-order valence-electron chi connectivity index (χ1n) is 2.24. The van der Waals surface area contributed by atoms with E-state index in [1.165, 1.54) is 14.2 Å². The van der Waals surface area contributed by atoms with Crippen molar-refractivity contribution in [2.45, 2.75) is 0 Å². The lowest BCUT2D eigenvalue weighted by Gasteiger charge is -1.83. The fraction of sp³-hybridized carbons (Fsp3) is 0.750. The minimum atomic E-state index is -1.98. The van der Waals surface area contributed by atoms with Crippen molar-refractivity contribution in [3.63, 3.8) is 0 Å². The molecule has 0 aliphatic heterocycles. The maximum atomic E-state index is 10.5. The fourth-order valence-electron chi connectivity index (χ4n) is 0.272. The predicted molar refractivity (Wildman–Crippen MR) is 31.9 cm³/mol. The van der Waals surface area contributed by atoms with Gasteiger partial charge < -0.3 is 9.47 Å². The van der Waals surface area contributed by atoms with E-state index in [0.29, 0.717) is 0 Å². The highest BCUT2D eigenvalue weighted by molar-refractivity contribution is 7.62. The van der Waals surface area contributed by atoms with Crippen LogP contribution in [0.5, 0.6) is 0 Å². The Bertz CT molecular complexity index is 122. The highest BCUT2D eigenvalue weighted by atomic mass is 31.1. The molecule has 0 N–H and O–H groups in total. The Labute approximate surface area is 53.9 Å². The number of methoxy groups -OCH3 is 2. The van der Waals surface area contributed by atoms with Gasteiger partial charge in [-0.25, -0.2) is 0 Å². The molecule has 0 amide bonds. The minimum absolute atomic E-state index is 0.0675. The molecule has 0 heterocycles. The summed E-state index contributed by atoms with van der Waals surface area (Å²) in [5.74, 6) is 0. The molecule has 0 saturated carbocycles. The highest BCUT2D eigenvalue weighted by Gasteiger charge is 2.28. The van der Waals surface area contributed by atoms with Gasteiger partial charge in [0.1, 0.15) is 0 Å². The van der Waals surface area contributed by atoms with Crippen molar-refractivity contribution in [1.82, 2.24) is 0 Å². The van der Waals surface area contributed by atoms with Gasteiger partial charge in [0, 0.05) is 7.11 Å². The highest BCUT2D eigenvalue weighted by Crippen LogP contribution is 2.21. The van der Waals surface area contributed by atoms with Crippen molar-refractivity contribution in [2.24, 2.45) is 0 Å². The maximum absolute atomic E-state index is 10.5. The van der Waals surface area contributed by atoms with E-state index in [1.54, 1.807) is 0 Å². The van der Waals surface area contributed by atoms with E-state index < -0.39 is 13.5 Å². The molecule has 0 saturated heterocycles. The lowest BCUT2D eigenvalue weighted by atomic mass is 11.5. The normalized spacial score (nSPS) is 10.7. The second kappa shape index (κ2) is 4.41. The smallest absolute Gasteiger partial charge is 0.431 e. The standard InChI is InChI=1S/C4H8O4P/c1-7-3-9(6)4(5)8-2/h3H2,1-2H3/q+1. The van der Waals surface area contributed by atoms with Gasteiger partial charge in [0.05, 0.1) is 7.11 Å². The number of hydrogen-bond donors (Lipinski definition) is 0. The molecule has 0 aliphatic rings. The first kappa shape index (κ1) is 8.53. The van der Waals surface area contributed by atoms with Gasteiger partial charge in [-0.1, -0.05) is 4.57 Å². The van der Waals surface area contributed by atoms with E-state index in [1.807, 2.05) is 0 Å². The molecular formula is C4H8O4P+. The average Bonchev–Trinajstić information content (AvgIpc) is 1.87. The molecule has 0 aromatic heterocycles. The number of ether oxygens (including phenoxy) is 2. The Hall–Kier alpha value is -0.470. The molecule has 0 bridgehead atoms. The van der Waals surface area contributed by atoms with E-state index in [4.69, 9.17) is 0 Å². The molecule has 0 aromatic carbocycles. The van der Waals surface area contributed by atoms with Crippen LogP contribution in [0, 0.1) is 0 Å². The molecular weight excluding hydrogens is 143 g/mol. The largest absolute Gasteiger partial charge is 0.557 e. The second-order valence-corrected chi connectivity index (χ2v) is 2.65. The number of hydrogen-bond acceptors (Lipinski definition) is 4. The van der Waals surface area contributed by atoms with Crippen molar-refractivity contribution in [1.29, 1.82) is 0 Å². The van der Waals surface area contributed by atoms with Crippen molar-refractivity contribution >= 4 is 13.5 Å². The van der Waals surface area contributed by atoms with E-state index in [0.717, 1.165) is 0 Å².